The van der Waals surface area contributed by atoms with Crippen molar-refractivity contribution in [1.82, 2.24) is 4.57 Å². The third-order valence-electron chi connectivity index (χ3n) is 5.88. The number of halogens is 1. The number of hydrogen-bond acceptors (Lipinski definition) is 6. The minimum Gasteiger partial charge on any atom is -0.497 e. The van der Waals surface area contributed by atoms with Crippen LogP contribution in [0.5, 0.6) is 5.75 Å². The maximum Gasteiger partial charge on any atom is 0.211 e. The second-order valence-electron chi connectivity index (χ2n) is 7.97. The Kier molecular flexibility index (Phi) is 6.71. The van der Waals surface area contributed by atoms with Gasteiger partial charge in [0.2, 0.25) is 15.3 Å². The molecule has 9 heteroatoms. The molecule has 0 unspecified atom stereocenters. The number of morpholine rings is 1. The van der Waals surface area contributed by atoms with Gasteiger partial charge in [0.15, 0.2) is 0 Å². The maximum absolute atomic E-state index is 15.1. The molecule has 33 heavy (non-hydrogen) atoms. The zero-order chi connectivity index (χ0) is 23.6. The van der Waals surface area contributed by atoms with Crippen LogP contribution in [0.4, 0.5) is 10.1 Å². The number of benzene rings is 2. The van der Waals surface area contributed by atoms with Crippen molar-refractivity contribution in [2.45, 2.75) is 36.1 Å². The van der Waals surface area contributed by atoms with Gasteiger partial charge in [0.05, 0.1) is 41.8 Å². The molecule has 0 N–H and O–H groups in total. The van der Waals surface area contributed by atoms with Gasteiger partial charge in [-0.05, 0) is 42.8 Å². The van der Waals surface area contributed by atoms with E-state index in [0.29, 0.717) is 49.8 Å². The fourth-order valence-electron chi connectivity index (χ4n) is 4.01. The van der Waals surface area contributed by atoms with E-state index in [0.717, 1.165) is 18.9 Å². The molecule has 176 valence electrons. The van der Waals surface area contributed by atoms with E-state index in [1.54, 1.807) is 10.6 Å². The van der Waals surface area contributed by atoms with Gasteiger partial charge in [-0.2, -0.15) is 0 Å². The van der Waals surface area contributed by atoms with Gasteiger partial charge in [-0.3, -0.25) is 4.79 Å². The molecule has 0 amide bonds. The van der Waals surface area contributed by atoms with Crippen molar-refractivity contribution < 1.29 is 22.3 Å². The molecule has 1 aliphatic rings. The number of rotatable bonds is 7. The minimum absolute atomic E-state index is 0.0211. The van der Waals surface area contributed by atoms with Gasteiger partial charge in [-0.15, -0.1) is 0 Å². The Bertz CT molecular complexity index is 1310. The lowest BCUT2D eigenvalue weighted by molar-refractivity contribution is 0.122. The molecular formula is C24H27FN2O5S. The maximum atomic E-state index is 15.1. The zero-order valence-electron chi connectivity index (χ0n) is 18.7. The summed E-state index contributed by atoms with van der Waals surface area (Å²) in [4.78, 5) is 14.8. The summed E-state index contributed by atoms with van der Waals surface area (Å²) < 4.78 is 54.0. The number of sulfone groups is 1. The third-order valence-corrected chi connectivity index (χ3v) is 7.64. The van der Waals surface area contributed by atoms with Crippen molar-refractivity contribution in [2.75, 3.05) is 38.3 Å². The highest BCUT2D eigenvalue weighted by Gasteiger charge is 2.25. The Hall–Kier alpha value is -2.91. The van der Waals surface area contributed by atoms with Gasteiger partial charge >= 0.3 is 0 Å². The molecule has 0 spiro atoms. The number of ether oxygens (including phenoxy) is 2. The second kappa shape index (κ2) is 9.52. The molecular weight excluding hydrogens is 447 g/mol. The van der Waals surface area contributed by atoms with Gasteiger partial charge < -0.3 is 18.9 Å². The highest BCUT2D eigenvalue weighted by Crippen LogP contribution is 2.28. The van der Waals surface area contributed by atoms with E-state index in [4.69, 9.17) is 9.47 Å². The monoisotopic (exact) mass is 474 g/mol. The number of pyridine rings is 1. The Labute approximate surface area is 192 Å². The first-order valence-corrected chi connectivity index (χ1v) is 12.4. The third kappa shape index (κ3) is 4.47. The van der Waals surface area contributed by atoms with Crippen LogP contribution in [0.2, 0.25) is 0 Å². The van der Waals surface area contributed by atoms with Crippen molar-refractivity contribution in [1.29, 1.82) is 0 Å². The smallest absolute Gasteiger partial charge is 0.211 e. The van der Waals surface area contributed by atoms with E-state index in [-0.39, 0.29) is 15.2 Å². The molecule has 0 bridgehead atoms. The lowest BCUT2D eigenvalue weighted by Gasteiger charge is -2.29. The van der Waals surface area contributed by atoms with Crippen LogP contribution in [0, 0.1) is 5.82 Å². The summed E-state index contributed by atoms with van der Waals surface area (Å²) in [5.74, 6) is -0.0481. The summed E-state index contributed by atoms with van der Waals surface area (Å²) in [6.45, 7) is 4.63. The molecule has 1 aliphatic heterocycles. The second-order valence-corrected chi connectivity index (χ2v) is 9.89. The summed E-state index contributed by atoms with van der Waals surface area (Å²) in [5.41, 5.74) is 0.201. The van der Waals surface area contributed by atoms with Crippen LogP contribution in [-0.4, -0.2) is 46.4 Å². The van der Waals surface area contributed by atoms with E-state index in [1.807, 2.05) is 11.8 Å². The van der Waals surface area contributed by atoms with Crippen molar-refractivity contribution in [3.8, 4) is 5.75 Å². The quantitative estimate of drug-likeness (QED) is 0.521. The number of fused-ring (bicyclic) bond motifs is 1. The largest absolute Gasteiger partial charge is 0.497 e. The molecule has 0 atom stereocenters. The average Bonchev–Trinajstić information content (AvgIpc) is 2.84. The number of aromatic nitrogens is 1. The molecule has 3 aromatic rings. The van der Waals surface area contributed by atoms with Crippen LogP contribution < -0.4 is 15.1 Å². The minimum atomic E-state index is -4.12. The van der Waals surface area contributed by atoms with Crippen LogP contribution in [0.15, 0.2) is 57.2 Å². The molecule has 0 aliphatic carbocycles. The van der Waals surface area contributed by atoms with Crippen LogP contribution in [0.3, 0.4) is 0 Å². The fourth-order valence-corrected chi connectivity index (χ4v) is 5.37. The number of hydrogen-bond donors (Lipinski definition) is 0. The Morgan fingerprint density at radius 3 is 2.45 bits per heavy atom. The lowest BCUT2D eigenvalue weighted by Crippen LogP contribution is -2.36. The van der Waals surface area contributed by atoms with E-state index in [2.05, 4.69) is 0 Å². The Morgan fingerprint density at radius 2 is 1.82 bits per heavy atom. The summed E-state index contributed by atoms with van der Waals surface area (Å²) in [5, 5.41) is 0.0511. The van der Waals surface area contributed by atoms with E-state index >= 15 is 4.39 Å². The SMILES string of the molecule is CCCCn1cc(S(=O)(=O)c2ccc(OC)cc2)c(=O)c2cc(F)c(N3CCOCC3)cc21. The highest BCUT2D eigenvalue weighted by atomic mass is 32.2. The predicted octanol–water partition coefficient (Wildman–Crippen LogP) is 3.62. The molecule has 4 rings (SSSR count). The number of methoxy groups -OCH3 is 1. The normalized spacial score (nSPS) is 14.6. The first-order chi connectivity index (χ1) is 15.9. The van der Waals surface area contributed by atoms with Crippen molar-refractivity contribution in [3.63, 3.8) is 0 Å². The van der Waals surface area contributed by atoms with Gasteiger partial charge in [-0.1, -0.05) is 13.3 Å². The van der Waals surface area contributed by atoms with Crippen LogP contribution in [-0.2, 0) is 21.1 Å². The predicted molar refractivity (Wildman–Crippen MR) is 125 cm³/mol. The summed E-state index contributed by atoms with van der Waals surface area (Å²) >= 11 is 0. The molecule has 1 saturated heterocycles. The van der Waals surface area contributed by atoms with Crippen molar-refractivity contribution in [3.05, 3.63) is 58.6 Å². The van der Waals surface area contributed by atoms with Crippen molar-refractivity contribution in [2.24, 2.45) is 0 Å². The van der Waals surface area contributed by atoms with Gasteiger partial charge in [0.25, 0.3) is 0 Å². The standard InChI is InChI=1S/C24H27FN2O5S/c1-3-4-9-27-16-23(33(29,30)18-7-5-17(31-2)6-8-18)24(28)19-14-20(25)22(15-21(19)27)26-10-12-32-13-11-26/h5-8,14-16H,3-4,9-13H2,1-2H3. The van der Waals surface area contributed by atoms with Gasteiger partial charge in [0.1, 0.15) is 16.5 Å². The zero-order valence-corrected chi connectivity index (χ0v) is 19.5. The Morgan fingerprint density at radius 1 is 1.12 bits per heavy atom. The molecule has 0 saturated carbocycles. The van der Waals surface area contributed by atoms with E-state index < -0.39 is 21.1 Å². The highest BCUT2D eigenvalue weighted by molar-refractivity contribution is 7.91. The first-order valence-electron chi connectivity index (χ1n) is 11.0. The van der Waals surface area contributed by atoms with Crippen LogP contribution >= 0.6 is 0 Å². The number of nitrogens with zero attached hydrogens (tertiary/aromatic N) is 2. The summed E-state index contributed by atoms with van der Waals surface area (Å²) in [6.07, 6.45) is 3.05. The summed E-state index contributed by atoms with van der Waals surface area (Å²) in [7, 11) is -2.63. The van der Waals surface area contributed by atoms with Gasteiger partial charge in [0, 0.05) is 25.8 Å². The molecule has 2 heterocycles. The average molecular weight is 475 g/mol. The molecule has 1 aromatic heterocycles. The number of aryl methyl sites for hydroxylation is 1. The van der Waals surface area contributed by atoms with Crippen molar-refractivity contribution >= 4 is 26.4 Å². The molecule has 0 radical (unpaired) electrons. The fraction of sp³-hybridized carbons (Fsp3) is 0.375. The van der Waals surface area contributed by atoms with Crippen LogP contribution in [0.1, 0.15) is 19.8 Å². The number of unbranched alkanes of at least 4 members (excludes halogenated alkanes) is 1. The van der Waals surface area contributed by atoms with E-state index in [1.165, 1.54) is 37.6 Å². The van der Waals surface area contributed by atoms with E-state index in [9.17, 15) is 13.2 Å². The topological polar surface area (TPSA) is 77.8 Å². The Balaban J connectivity index is 1.90. The lowest BCUT2D eigenvalue weighted by atomic mass is 10.1. The number of anilines is 1. The van der Waals surface area contributed by atoms with Gasteiger partial charge in [-0.25, -0.2) is 12.8 Å². The molecule has 1 fully saturated rings. The first kappa shape index (κ1) is 23.3. The molecule has 7 nitrogen and oxygen atoms in total. The summed E-state index contributed by atoms with van der Waals surface area (Å²) in [6, 6.07) is 8.66. The van der Waals surface area contributed by atoms with Crippen LogP contribution in [0.25, 0.3) is 10.9 Å². The molecule has 2 aromatic carbocycles.